The van der Waals surface area contributed by atoms with Crippen LogP contribution in [0.2, 0.25) is 0 Å². The average molecular weight is 729 g/mol. The maximum Gasteiger partial charge on any atom is 0.418 e. The number of halogens is 5. The number of fused-ring (bicyclic) bond motifs is 3. The number of aryl methyl sites for hydroxylation is 1. The molecule has 0 radical (unpaired) electrons. The molecule has 2 saturated heterocycles. The van der Waals surface area contributed by atoms with Gasteiger partial charge in [0.2, 0.25) is 0 Å². The van der Waals surface area contributed by atoms with E-state index in [2.05, 4.69) is 26.8 Å². The van der Waals surface area contributed by atoms with E-state index in [0.29, 0.717) is 61.8 Å². The summed E-state index contributed by atoms with van der Waals surface area (Å²) in [5.41, 5.74) is 5.24. The van der Waals surface area contributed by atoms with Gasteiger partial charge in [-0.1, -0.05) is 5.92 Å². The Morgan fingerprint density at radius 2 is 2.00 bits per heavy atom. The van der Waals surface area contributed by atoms with Crippen molar-refractivity contribution in [1.82, 2.24) is 29.5 Å². The molecule has 6 heterocycles. The van der Waals surface area contributed by atoms with Crippen molar-refractivity contribution in [1.29, 1.82) is 0 Å². The fourth-order valence-electron chi connectivity index (χ4n) is 8.17. The summed E-state index contributed by atoms with van der Waals surface area (Å²) in [7, 11) is 3.32. The van der Waals surface area contributed by atoms with Crippen molar-refractivity contribution < 1.29 is 36.2 Å². The molecule has 0 bridgehead atoms. The average Bonchev–Trinajstić information content (AvgIpc) is 3.66. The van der Waals surface area contributed by atoms with Gasteiger partial charge in [0.25, 0.3) is 5.91 Å². The van der Waals surface area contributed by atoms with Gasteiger partial charge in [-0.15, -0.1) is 5.92 Å². The summed E-state index contributed by atoms with van der Waals surface area (Å²) in [4.78, 5) is 28.0. The zero-order valence-corrected chi connectivity index (χ0v) is 29.5. The van der Waals surface area contributed by atoms with Crippen LogP contribution in [0.5, 0.6) is 6.01 Å². The van der Waals surface area contributed by atoms with Gasteiger partial charge < -0.3 is 25.0 Å². The van der Waals surface area contributed by atoms with Crippen molar-refractivity contribution in [3.63, 3.8) is 0 Å². The van der Waals surface area contributed by atoms with Crippen LogP contribution in [-0.2, 0) is 37.0 Å². The van der Waals surface area contributed by atoms with Gasteiger partial charge in [0.15, 0.2) is 11.5 Å². The monoisotopic (exact) mass is 728 g/mol. The van der Waals surface area contributed by atoms with Crippen molar-refractivity contribution in [3.05, 3.63) is 56.8 Å². The number of hydrogen-bond donors (Lipinski definition) is 1. The van der Waals surface area contributed by atoms with Crippen LogP contribution in [0, 0.1) is 24.6 Å². The van der Waals surface area contributed by atoms with Crippen LogP contribution >= 0.6 is 0 Å². The standard InChI is InChI=1S/C36H41F5N8O3/c1-5-8-21-13-24(42)30(38)28(29(21)36(39,40)41)27-14-25-23(18-51-27)32(44-34(43-25)52-19-35-9-6-11-48(35)16-22(37)15-35)47-10-7-12-49-26(17-47)20(2)31(45-49)33(50)46(3)4/h13,22,27H,6-7,9-12,14-19,42H2,1-4H3/t22-,27+,35+/m1/s1. The second kappa shape index (κ2) is 13.5. The molecule has 3 atom stereocenters. The third-order valence-electron chi connectivity index (χ3n) is 10.6. The van der Waals surface area contributed by atoms with Crippen LogP contribution in [-0.4, -0.2) is 87.5 Å². The summed E-state index contributed by atoms with van der Waals surface area (Å²) in [6.45, 7) is 5.61. The summed E-state index contributed by atoms with van der Waals surface area (Å²) in [5.74, 6) is 3.88. The van der Waals surface area contributed by atoms with E-state index in [0.717, 1.165) is 36.7 Å². The molecule has 1 amide bonds. The molecular weight excluding hydrogens is 687 g/mol. The Labute approximate surface area is 298 Å². The summed E-state index contributed by atoms with van der Waals surface area (Å²) in [6, 6.07) is 0.874. The van der Waals surface area contributed by atoms with E-state index >= 15 is 4.39 Å². The molecule has 278 valence electrons. The summed E-state index contributed by atoms with van der Waals surface area (Å²) < 4.78 is 88.2. The molecule has 0 spiro atoms. The highest BCUT2D eigenvalue weighted by molar-refractivity contribution is 5.93. The lowest BCUT2D eigenvalue weighted by atomic mass is 9.91. The molecule has 3 aromatic rings. The van der Waals surface area contributed by atoms with Gasteiger partial charge in [-0.2, -0.15) is 28.2 Å². The Balaban J connectivity index is 1.30. The van der Waals surface area contributed by atoms with Crippen LogP contribution in [0.25, 0.3) is 0 Å². The van der Waals surface area contributed by atoms with E-state index in [1.165, 1.54) is 11.8 Å². The first kappa shape index (κ1) is 35.9. The number of alkyl halides is 4. The van der Waals surface area contributed by atoms with Gasteiger partial charge in [0, 0.05) is 68.8 Å². The van der Waals surface area contributed by atoms with Crippen molar-refractivity contribution in [2.45, 2.75) is 89.6 Å². The zero-order chi connectivity index (χ0) is 37.1. The Morgan fingerprint density at radius 1 is 1.21 bits per heavy atom. The highest BCUT2D eigenvalue weighted by Gasteiger charge is 2.49. The molecule has 4 aliphatic heterocycles. The second-order valence-electron chi connectivity index (χ2n) is 14.2. The molecule has 52 heavy (non-hydrogen) atoms. The molecule has 2 N–H and O–H groups in total. The lowest BCUT2D eigenvalue weighted by Crippen LogP contribution is -2.43. The van der Waals surface area contributed by atoms with Crippen molar-refractivity contribution >= 4 is 17.4 Å². The van der Waals surface area contributed by atoms with Crippen molar-refractivity contribution in [2.24, 2.45) is 0 Å². The van der Waals surface area contributed by atoms with Gasteiger partial charge in [0.05, 0.1) is 47.4 Å². The Morgan fingerprint density at radius 3 is 2.73 bits per heavy atom. The van der Waals surface area contributed by atoms with Crippen LogP contribution in [0.4, 0.5) is 33.5 Å². The number of rotatable bonds is 6. The normalized spacial score (nSPS) is 23.0. The van der Waals surface area contributed by atoms with E-state index in [9.17, 15) is 22.4 Å². The first-order chi connectivity index (χ1) is 24.7. The number of ether oxygens (including phenoxy) is 2. The first-order valence-corrected chi connectivity index (χ1v) is 17.4. The van der Waals surface area contributed by atoms with Gasteiger partial charge >= 0.3 is 12.2 Å². The van der Waals surface area contributed by atoms with Gasteiger partial charge in [-0.3, -0.25) is 14.4 Å². The maximum absolute atomic E-state index is 15.7. The molecule has 2 aromatic heterocycles. The number of carbonyl (C=O) groups is 1. The quantitative estimate of drug-likeness (QED) is 0.214. The molecular formula is C36H41F5N8O3. The zero-order valence-electron chi connectivity index (χ0n) is 29.5. The van der Waals surface area contributed by atoms with Crippen LogP contribution in [0.1, 0.15) is 88.4 Å². The molecule has 2 fully saturated rings. The number of nitrogens with two attached hydrogens (primary N) is 1. The third-order valence-corrected chi connectivity index (χ3v) is 10.6. The summed E-state index contributed by atoms with van der Waals surface area (Å²) >= 11 is 0. The van der Waals surface area contributed by atoms with E-state index in [1.54, 1.807) is 14.1 Å². The third kappa shape index (κ3) is 6.31. The smallest absolute Gasteiger partial charge is 0.418 e. The van der Waals surface area contributed by atoms with E-state index < -0.39 is 52.2 Å². The molecule has 0 unspecified atom stereocenters. The molecule has 16 heteroatoms. The summed E-state index contributed by atoms with van der Waals surface area (Å²) in [6.07, 6.45) is -4.96. The lowest BCUT2D eigenvalue weighted by Gasteiger charge is -2.33. The molecule has 0 aliphatic carbocycles. The molecule has 1 aromatic carbocycles. The molecule has 0 saturated carbocycles. The Hall–Kier alpha value is -4.49. The fraction of sp³-hybridized carbons (Fsp3) is 0.556. The highest BCUT2D eigenvalue weighted by atomic mass is 19.4. The number of nitrogens with zero attached hydrogens (tertiary/aromatic N) is 7. The van der Waals surface area contributed by atoms with Crippen molar-refractivity contribution in [3.8, 4) is 17.9 Å². The minimum Gasteiger partial charge on any atom is -0.461 e. The topological polar surface area (TPSA) is 115 Å². The van der Waals surface area contributed by atoms with Gasteiger partial charge in [-0.25, -0.2) is 8.78 Å². The maximum atomic E-state index is 15.7. The number of nitrogen functional groups attached to an aromatic ring is 1. The van der Waals surface area contributed by atoms with Crippen LogP contribution in [0.15, 0.2) is 6.07 Å². The largest absolute Gasteiger partial charge is 0.461 e. The Kier molecular flexibility index (Phi) is 9.31. The highest BCUT2D eigenvalue weighted by Crippen LogP contribution is 2.45. The van der Waals surface area contributed by atoms with Crippen LogP contribution < -0.4 is 15.4 Å². The van der Waals surface area contributed by atoms with Gasteiger partial charge in [-0.05, 0) is 45.7 Å². The number of anilines is 2. The van der Waals surface area contributed by atoms with E-state index in [-0.39, 0.29) is 31.6 Å². The van der Waals surface area contributed by atoms with E-state index in [1.807, 2.05) is 16.5 Å². The predicted molar refractivity (Wildman–Crippen MR) is 181 cm³/mol. The SMILES string of the molecule is CC#Cc1cc(N)c(F)c([C@@H]2Cc3nc(OC[C@@]45CCCN4C[C@H](F)C5)nc(N4CCCn5nc(C(=O)N(C)C)c(C)c5C4)c3CO2)c1C(F)(F)F. The number of carbonyl (C=O) groups excluding carboxylic acids is 1. The first-order valence-electron chi connectivity index (χ1n) is 17.4. The van der Waals surface area contributed by atoms with Crippen LogP contribution in [0.3, 0.4) is 0 Å². The predicted octanol–water partition coefficient (Wildman–Crippen LogP) is 4.97. The number of amides is 1. The molecule has 4 aliphatic rings. The minimum atomic E-state index is -4.96. The lowest BCUT2D eigenvalue weighted by molar-refractivity contribution is -0.140. The van der Waals surface area contributed by atoms with E-state index in [4.69, 9.17) is 20.2 Å². The second-order valence-corrected chi connectivity index (χ2v) is 14.2. The fourth-order valence-corrected chi connectivity index (χ4v) is 8.17. The molecule has 7 rings (SSSR count). The van der Waals surface area contributed by atoms with Crippen molar-refractivity contribution in [2.75, 3.05) is 51.0 Å². The van der Waals surface area contributed by atoms with Gasteiger partial charge in [0.1, 0.15) is 18.6 Å². The Bertz CT molecular complexity index is 1970. The number of benzene rings is 1. The minimum absolute atomic E-state index is 0.0162. The number of hydrogen-bond acceptors (Lipinski definition) is 9. The summed E-state index contributed by atoms with van der Waals surface area (Å²) in [5, 5.41) is 4.62. The number of aromatic nitrogens is 4. The molecule has 11 nitrogen and oxygen atoms in total.